The van der Waals surface area contributed by atoms with E-state index in [2.05, 4.69) is 17.2 Å². The van der Waals surface area contributed by atoms with E-state index in [1.54, 1.807) is 18.0 Å². The molecule has 0 spiro atoms. The lowest BCUT2D eigenvalue weighted by Gasteiger charge is -2.14. The van der Waals surface area contributed by atoms with Crippen molar-refractivity contribution in [2.45, 2.75) is 20.8 Å². The molecule has 0 atom stereocenters. The van der Waals surface area contributed by atoms with Gasteiger partial charge in [0.15, 0.2) is 0 Å². The largest absolute Gasteiger partial charge is 0.361 e. The molecule has 0 bridgehead atoms. The molecule has 1 aliphatic heterocycles. The Kier molecular flexibility index (Phi) is 8.32. The van der Waals surface area contributed by atoms with Gasteiger partial charge < -0.3 is 10.6 Å². The van der Waals surface area contributed by atoms with Crippen molar-refractivity contribution in [3.63, 3.8) is 0 Å². The van der Waals surface area contributed by atoms with Crippen LogP contribution in [0.1, 0.15) is 20.8 Å². The average Bonchev–Trinajstić information content (AvgIpc) is 2.35. The third-order valence-electron chi connectivity index (χ3n) is 2.10. The van der Waals surface area contributed by atoms with Gasteiger partial charge >= 0.3 is 0 Å². The van der Waals surface area contributed by atoms with Gasteiger partial charge in [-0.2, -0.15) is 11.8 Å². The van der Waals surface area contributed by atoms with Crippen molar-refractivity contribution >= 4 is 17.7 Å². The average molecular weight is 254 g/mol. The zero-order valence-electron chi connectivity index (χ0n) is 11.1. The molecular formula is C13H22N2OS. The Bertz CT molecular complexity index is 332. The van der Waals surface area contributed by atoms with E-state index < -0.39 is 0 Å². The van der Waals surface area contributed by atoms with Crippen molar-refractivity contribution in [3.05, 3.63) is 35.7 Å². The molecule has 3 nitrogen and oxygen atoms in total. The third-order valence-corrected chi connectivity index (χ3v) is 2.72. The maximum absolute atomic E-state index is 11.6. The Morgan fingerprint density at radius 3 is 2.71 bits per heavy atom. The molecule has 2 N–H and O–H groups in total. The highest BCUT2D eigenvalue weighted by atomic mass is 32.2. The standard InChI is InChI=1S/C11H16N2OS.C2H6/c1-8-6-10(7-13-9(8)2)11(14)12-4-5-15-3;1-2/h6-7,13H,2,4-5H2,1,3H3,(H,12,14);1-2H3. The van der Waals surface area contributed by atoms with Crippen molar-refractivity contribution in [2.75, 3.05) is 18.6 Å². The quantitative estimate of drug-likeness (QED) is 0.757. The molecule has 96 valence electrons. The molecule has 0 aromatic rings. The smallest absolute Gasteiger partial charge is 0.252 e. The first kappa shape index (κ1) is 15.8. The molecule has 0 aromatic carbocycles. The number of rotatable bonds is 4. The topological polar surface area (TPSA) is 41.1 Å². The number of hydrogen-bond donors (Lipinski definition) is 2. The second-order valence-electron chi connectivity index (χ2n) is 3.30. The summed E-state index contributed by atoms with van der Waals surface area (Å²) >= 11 is 1.71. The first-order valence-electron chi connectivity index (χ1n) is 5.76. The van der Waals surface area contributed by atoms with Gasteiger partial charge in [-0.1, -0.05) is 20.4 Å². The van der Waals surface area contributed by atoms with E-state index in [1.165, 1.54) is 0 Å². The first-order chi connectivity index (χ1) is 8.15. The van der Waals surface area contributed by atoms with Crippen LogP contribution in [0.3, 0.4) is 0 Å². The maximum atomic E-state index is 11.6. The Balaban J connectivity index is 0.00000121. The Morgan fingerprint density at radius 1 is 1.53 bits per heavy atom. The molecule has 0 saturated heterocycles. The van der Waals surface area contributed by atoms with Crippen LogP contribution in [0.5, 0.6) is 0 Å². The normalized spacial score (nSPS) is 13.8. The number of carbonyl (C=O) groups excluding carboxylic acids is 1. The summed E-state index contributed by atoms with van der Waals surface area (Å²) in [7, 11) is 0. The van der Waals surface area contributed by atoms with Gasteiger partial charge in [-0.15, -0.1) is 0 Å². The zero-order chi connectivity index (χ0) is 13.3. The summed E-state index contributed by atoms with van der Waals surface area (Å²) in [6.45, 7) is 10.4. The van der Waals surface area contributed by atoms with E-state index in [4.69, 9.17) is 0 Å². The summed E-state index contributed by atoms with van der Waals surface area (Å²) in [4.78, 5) is 11.6. The molecule has 0 radical (unpaired) electrons. The van der Waals surface area contributed by atoms with Crippen LogP contribution in [-0.2, 0) is 4.79 Å². The van der Waals surface area contributed by atoms with Crippen molar-refractivity contribution in [1.29, 1.82) is 0 Å². The van der Waals surface area contributed by atoms with Crippen LogP contribution in [0.4, 0.5) is 0 Å². The highest BCUT2D eigenvalue weighted by molar-refractivity contribution is 7.98. The molecule has 4 heteroatoms. The first-order valence-corrected chi connectivity index (χ1v) is 7.16. The fraction of sp³-hybridized carbons (Fsp3) is 0.462. The Hall–Kier alpha value is -1.16. The molecule has 17 heavy (non-hydrogen) atoms. The maximum Gasteiger partial charge on any atom is 0.252 e. The molecule has 0 saturated carbocycles. The second-order valence-corrected chi connectivity index (χ2v) is 4.28. The molecule has 0 unspecified atom stereocenters. The molecule has 1 aliphatic rings. The van der Waals surface area contributed by atoms with Gasteiger partial charge in [0.2, 0.25) is 0 Å². The molecule has 0 aliphatic carbocycles. The van der Waals surface area contributed by atoms with Crippen molar-refractivity contribution in [1.82, 2.24) is 10.6 Å². The summed E-state index contributed by atoms with van der Waals surface area (Å²) in [5, 5.41) is 5.81. The van der Waals surface area contributed by atoms with Crippen LogP contribution in [0, 0.1) is 0 Å². The van der Waals surface area contributed by atoms with Crippen molar-refractivity contribution in [3.8, 4) is 0 Å². The lowest BCUT2D eigenvalue weighted by molar-refractivity contribution is -0.117. The van der Waals surface area contributed by atoms with Gasteiger partial charge in [-0.3, -0.25) is 4.79 Å². The van der Waals surface area contributed by atoms with Gasteiger partial charge in [-0.25, -0.2) is 0 Å². The summed E-state index contributed by atoms with van der Waals surface area (Å²) in [5.74, 6) is 0.894. The lowest BCUT2D eigenvalue weighted by Crippen LogP contribution is -2.28. The lowest BCUT2D eigenvalue weighted by atomic mass is 10.1. The predicted molar refractivity (Wildman–Crippen MR) is 76.9 cm³/mol. The third kappa shape index (κ3) is 5.63. The van der Waals surface area contributed by atoms with Crippen molar-refractivity contribution in [2.24, 2.45) is 0 Å². The SMILES string of the molecule is C=C1NC=C(C(=O)NCCSC)C=C1C.CC. The summed E-state index contributed by atoms with van der Waals surface area (Å²) in [6.07, 6.45) is 5.54. The van der Waals surface area contributed by atoms with Crippen LogP contribution < -0.4 is 10.6 Å². The highest BCUT2D eigenvalue weighted by Crippen LogP contribution is 2.13. The number of allylic oxidation sites excluding steroid dienone is 1. The predicted octanol–water partition coefficient (Wildman–Crippen LogP) is 2.44. The molecule has 0 fully saturated rings. The summed E-state index contributed by atoms with van der Waals surface area (Å²) in [6, 6.07) is 0. The van der Waals surface area contributed by atoms with E-state index in [1.807, 2.05) is 33.1 Å². The molecule has 1 amide bonds. The van der Waals surface area contributed by atoms with Gasteiger partial charge in [0.1, 0.15) is 0 Å². The molecular weight excluding hydrogens is 232 g/mol. The van der Waals surface area contributed by atoms with Crippen molar-refractivity contribution < 1.29 is 4.79 Å². The van der Waals surface area contributed by atoms with Gasteiger partial charge in [-0.05, 0) is 24.8 Å². The summed E-state index contributed by atoms with van der Waals surface area (Å²) < 4.78 is 0. The fourth-order valence-electron chi connectivity index (χ4n) is 1.14. The van der Waals surface area contributed by atoms with E-state index >= 15 is 0 Å². The molecule has 1 rings (SSSR count). The highest BCUT2D eigenvalue weighted by Gasteiger charge is 2.11. The fourth-order valence-corrected chi connectivity index (χ4v) is 1.45. The van der Waals surface area contributed by atoms with Gasteiger partial charge in [0, 0.05) is 24.2 Å². The second kappa shape index (κ2) is 8.93. The minimum atomic E-state index is -0.0385. The monoisotopic (exact) mass is 254 g/mol. The Morgan fingerprint density at radius 2 is 2.18 bits per heavy atom. The van der Waals surface area contributed by atoms with Crippen LogP contribution in [0.2, 0.25) is 0 Å². The van der Waals surface area contributed by atoms with Gasteiger partial charge in [0.25, 0.3) is 5.91 Å². The van der Waals surface area contributed by atoms with E-state index in [0.717, 1.165) is 17.0 Å². The minimum Gasteiger partial charge on any atom is -0.361 e. The van der Waals surface area contributed by atoms with E-state index in [0.29, 0.717) is 12.1 Å². The molecule has 0 aromatic heterocycles. The summed E-state index contributed by atoms with van der Waals surface area (Å²) in [5.41, 5.74) is 2.49. The van der Waals surface area contributed by atoms with Crippen LogP contribution in [0.25, 0.3) is 0 Å². The minimum absolute atomic E-state index is 0.0385. The van der Waals surface area contributed by atoms with Crippen LogP contribution in [-0.4, -0.2) is 24.5 Å². The number of carbonyl (C=O) groups is 1. The Labute approximate surface area is 108 Å². The van der Waals surface area contributed by atoms with Gasteiger partial charge in [0.05, 0.1) is 5.57 Å². The number of thioether (sulfide) groups is 1. The zero-order valence-corrected chi connectivity index (χ0v) is 11.9. The number of amides is 1. The van der Waals surface area contributed by atoms with E-state index in [-0.39, 0.29) is 5.91 Å². The van der Waals surface area contributed by atoms with Crippen LogP contribution in [0.15, 0.2) is 35.7 Å². The van der Waals surface area contributed by atoms with Crippen LogP contribution >= 0.6 is 11.8 Å². The number of hydrogen-bond acceptors (Lipinski definition) is 3. The number of dihydropyridines is 1. The number of nitrogens with one attached hydrogen (secondary N) is 2. The molecule has 1 heterocycles. The van der Waals surface area contributed by atoms with E-state index in [9.17, 15) is 4.79 Å².